The van der Waals surface area contributed by atoms with Gasteiger partial charge in [-0.15, -0.1) is 0 Å². The highest BCUT2D eigenvalue weighted by Crippen LogP contribution is 2.33. The van der Waals surface area contributed by atoms with Crippen LogP contribution in [0, 0.1) is 6.92 Å². The van der Waals surface area contributed by atoms with Crippen LogP contribution in [-0.4, -0.2) is 5.91 Å². The third-order valence-corrected chi connectivity index (χ3v) is 4.94. The number of carbonyl (C=O) groups is 1. The minimum Gasteiger partial charge on any atom is -0.461 e. The summed E-state index contributed by atoms with van der Waals surface area (Å²) in [5.74, 6) is 0.593. The monoisotopic (exact) mass is 413 g/mol. The molecule has 128 valence electrons. The molecular weight excluding hydrogens is 404 g/mol. The van der Waals surface area contributed by atoms with Crippen molar-refractivity contribution in [3.05, 3.63) is 73.9 Å². The molecule has 1 amide bonds. The van der Waals surface area contributed by atoms with Crippen molar-refractivity contribution in [1.82, 2.24) is 0 Å². The molecule has 3 rings (SSSR count). The van der Waals surface area contributed by atoms with Crippen LogP contribution in [0.4, 0.5) is 5.69 Å². The van der Waals surface area contributed by atoms with Crippen LogP contribution in [0.2, 0.25) is 20.1 Å². The van der Waals surface area contributed by atoms with Crippen LogP contribution in [0.15, 0.2) is 46.9 Å². The van der Waals surface area contributed by atoms with E-state index in [1.807, 2.05) is 0 Å². The number of aryl methyl sites for hydroxylation is 1. The molecule has 0 fully saturated rings. The van der Waals surface area contributed by atoms with Crippen LogP contribution in [-0.2, 0) is 0 Å². The molecule has 2 aromatic carbocycles. The summed E-state index contributed by atoms with van der Waals surface area (Å²) in [6, 6.07) is 11.7. The molecule has 0 saturated carbocycles. The largest absolute Gasteiger partial charge is 0.461 e. The summed E-state index contributed by atoms with van der Waals surface area (Å²) in [5.41, 5.74) is 1.44. The van der Waals surface area contributed by atoms with Crippen molar-refractivity contribution in [2.75, 3.05) is 5.32 Å². The number of hydrogen-bond acceptors (Lipinski definition) is 2. The van der Waals surface area contributed by atoms with Crippen molar-refractivity contribution < 1.29 is 9.21 Å². The van der Waals surface area contributed by atoms with Gasteiger partial charge in [0.1, 0.15) is 11.5 Å². The third kappa shape index (κ3) is 3.80. The van der Waals surface area contributed by atoms with Crippen LogP contribution in [0.5, 0.6) is 0 Å². The molecule has 1 heterocycles. The van der Waals surface area contributed by atoms with Crippen molar-refractivity contribution in [2.45, 2.75) is 6.92 Å². The lowest BCUT2D eigenvalue weighted by molar-refractivity contribution is 0.102. The number of furan rings is 1. The highest BCUT2D eigenvalue weighted by Gasteiger charge is 2.18. The fraction of sp³-hybridized carbons (Fsp3) is 0.0556. The van der Waals surface area contributed by atoms with E-state index < -0.39 is 0 Å². The lowest BCUT2D eigenvalue weighted by Gasteiger charge is -2.08. The molecule has 0 aliphatic carbocycles. The zero-order valence-corrected chi connectivity index (χ0v) is 15.9. The van der Waals surface area contributed by atoms with E-state index in [2.05, 4.69) is 5.32 Å². The summed E-state index contributed by atoms with van der Waals surface area (Å²) in [4.78, 5) is 12.6. The van der Waals surface area contributed by atoms with Crippen LogP contribution < -0.4 is 5.32 Å². The fourth-order valence-corrected chi connectivity index (χ4v) is 3.09. The summed E-state index contributed by atoms with van der Waals surface area (Å²) in [7, 11) is 0. The van der Waals surface area contributed by atoms with E-state index in [-0.39, 0.29) is 5.91 Å². The van der Waals surface area contributed by atoms with Gasteiger partial charge in [0.2, 0.25) is 0 Å². The van der Waals surface area contributed by atoms with E-state index >= 15 is 0 Å². The van der Waals surface area contributed by atoms with Crippen LogP contribution in [0.3, 0.4) is 0 Å². The van der Waals surface area contributed by atoms with E-state index in [1.54, 1.807) is 49.4 Å². The molecule has 7 heteroatoms. The van der Waals surface area contributed by atoms with Gasteiger partial charge in [0, 0.05) is 5.56 Å². The molecule has 0 aliphatic rings. The molecule has 0 radical (unpaired) electrons. The Kier molecular flexibility index (Phi) is 5.30. The van der Waals surface area contributed by atoms with Gasteiger partial charge in [-0.2, -0.15) is 0 Å². The lowest BCUT2D eigenvalue weighted by Crippen LogP contribution is -2.12. The summed E-state index contributed by atoms with van der Waals surface area (Å²) >= 11 is 24.1. The minimum atomic E-state index is -0.373. The number of para-hydroxylation sites is 1. The molecule has 0 saturated heterocycles. The molecule has 3 aromatic rings. The zero-order valence-electron chi connectivity index (χ0n) is 12.9. The summed E-state index contributed by atoms with van der Waals surface area (Å²) in [6.45, 7) is 1.70. The molecule has 1 aromatic heterocycles. The topological polar surface area (TPSA) is 42.2 Å². The van der Waals surface area contributed by atoms with Gasteiger partial charge < -0.3 is 9.73 Å². The molecule has 0 bridgehead atoms. The van der Waals surface area contributed by atoms with Crippen molar-refractivity contribution in [2.24, 2.45) is 0 Å². The Morgan fingerprint density at radius 2 is 1.60 bits per heavy atom. The normalized spacial score (nSPS) is 10.8. The predicted molar refractivity (Wildman–Crippen MR) is 103 cm³/mol. The minimum absolute atomic E-state index is 0.353. The van der Waals surface area contributed by atoms with Gasteiger partial charge in [-0.05, 0) is 43.3 Å². The van der Waals surface area contributed by atoms with E-state index in [1.165, 1.54) is 0 Å². The Morgan fingerprint density at radius 3 is 2.24 bits per heavy atom. The first-order valence-electron chi connectivity index (χ1n) is 7.18. The molecule has 3 nitrogen and oxygen atoms in total. The Morgan fingerprint density at radius 1 is 0.920 bits per heavy atom. The molecule has 25 heavy (non-hydrogen) atoms. The summed E-state index contributed by atoms with van der Waals surface area (Å²) < 4.78 is 5.69. The molecular formula is C18H11Cl4NO2. The number of benzene rings is 2. The van der Waals surface area contributed by atoms with Crippen LogP contribution in [0.1, 0.15) is 16.1 Å². The molecule has 0 spiro atoms. The Labute approximate surface area is 164 Å². The maximum Gasteiger partial charge on any atom is 0.259 e. The van der Waals surface area contributed by atoms with E-state index in [0.717, 1.165) is 0 Å². The highest BCUT2D eigenvalue weighted by molar-refractivity contribution is 6.42. The molecule has 0 unspecified atom stereocenters. The average molecular weight is 415 g/mol. The number of anilines is 1. The van der Waals surface area contributed by atoms with Crippen molar-refractivity contribution in [1.29, 1.82) is 0 Å². The second-order valence-corrected chi connectivity index (χ2v) is 6.89. The van der Waals surface area contributed by atoms with Gasteiger partial charge in [0.05, 0.1) is 31.3 Å². The number of amides is 1. The Hall–Kier alpha value is -1.65. The first-order chi connectivity index (χ1) is 11.9. The van der Waals surface area contributed by atoms with Gasteiger partial charge >= 0.3 is 0 Å². The number of carbonyl (C=O) groups excluding carboxylic acids is 1. The quantitative estimate of drug-likeness (QED) is 0.495. The van der Waals surface area contributed by atoms with Crippen molar-refractivity contribution >= 4 is 58.0 Å². The molecule has 0 aliphatic heterocycles. The Balaban J connectivity index is 1.92. The average Bonchev–Trinajstić information content (AvgIpc) is 2.95. The molecule has 0 atom stereocenters. The first kappa shape index (κ1) is 18.2. The van der Waals surface area contributed by atoms with Crippen LogP contribution in [0.25, 0.3) is 11.3 Å². The maximum absolute atomic E-state index is 12.6. The van der Waals surface area contributed by atoms with Crippen molar-refractivity contribution in [3.63, 3.8) is 0 Å². The molecule has 1 N–H and O–H groups in total. The summed E-state index contributed by atoms with van der Waals surface area (Å²) in [6.07, 6.45) is 0. The SMILES string of the molecule is Cc1oc(-c2ccc(Cl)c(Cl)c2)cc1C(=O)Nc1c(Cl)cccc1Cl. The number of halogens is 4. The smallest absolute Gasteiger partial charge is 0.259 e. The number of nitrogens with one attached hydrogen (secondary N) is 1. The van der Waals surface area contributed by atoms with Crippen LogP contribution >= 0.6 is 46.4 Å². The maximum atomic E-state index is 12.6. The highest BCUT2D eigenvalue weighted by atomic mass is 35.5. The summed E-state index contributed by atoms with van der Waals surface area (Å²) in [5, 5.41) is 4.27. The second kappa shape index (κ2) is 7.30. The fourth-order valence-electron chi connectivity index (χ4n) is 2.30. The van der Waals surface area contributed by atoms with E-state index in [9.17, 15) is 4.79 Å². The van der Waals surface area contributed by atoms with E-state index in [0.29, 0.717) is 48.4 Å². The van der Waals surface area contributed by atoms with Gasteiger partial charge in [0.25, 0.3) is 5.91 Å². The number of rotatable bonds is 3. The Bertz CT molecular complexity index is 945. The van der Waals surface area contributed by atoms with Gasteiger partial charge in [-0.3, -0.25) is 4.79 Å². The van der Waals surface area contributed by atoms with Gasteiger partial charge in [0.15, 0.2) is 0 Å². The number of hydrogen-bond donors (Lipinski definition) is 1. The second-order valence-electron chi connectivity index (χ2n) is 5.26. The van der Waals surface area contributed by atoms with E-state index in [4.69, 9.17) is 50.8 Å². The standard InChI is InChI=1S/C18H11Cl4NO2/c1-9-11(18(24)23-17-13(20)3-2-4-14(17)21)8-16(25-9)10-5-6-12(19)15(22)7-10/h2-8H,1H3,(H,23,24). The lowest BCUT2D eigenvalue weighted by atomic mass is 10.1. The first-order valence-corrected chi connectivity index (χ1v) is 8.69. The van der Waals surface area contributed by atoms with Crippen molar-refractivity contribution in [3.8, 4) is 11.3 Å². The van der Waals surface area contributed by atoms with Gasteiger partial charge in [-0.1, -0.05) is 52.5 Å². The van der Waals surface area contributed by atoms with Gasteiger partial charge in [-0.25, -0.2) is 0 Å². The zero-order chi connectivity index (χ0) is 18.1. The predicted octanol–water partition coefficient (Wildman–Crippen LogP) is 7.12. The third-order valence-electron chi connectivity index (χ3n) is 3.57.